The van der Waals surface area contributed by atoms with Crippen LogP contribution in [-0.4, -0.2) is 46.9 Å². The van der Waals surface area contributed by atoms with E-state index >= 15 is 0 Å². The van der Waals surface area contributed by atoms with Gasteiger partial charge in [0.1, 0.15) is 17.9 Å². The van der Waals surface area contributed by atoms with Crippen LogP contribution in [0, 0.1) is 11.3 Å². The van der Waals surface area contributed by atoms with E-state index in [2.05, 4.69) is 49.5 Å². The van der Waals surface area contributed by atoms with Gasteiger partial charge in [0, 0.05) is 27.8 Å². The summed E-state index contributed by atoms with van der Waals surface area (Å²) in [5.74, 6) is 1.04. The van der Waals surface area contributed by atoms with Crippen LogP contribution in [0.5, 0.6) is 0 Å². The summed E-state index contributed by atoms with van der Waals surface area (Å²) >= 11 is 9.75. The molecule has 32 heavy (non-hydrogen) atoms. The fourth-order valence-corrected chi connectivity index (χ4v) is 5.82. The Kier molecular flexibility index (Phi) is 5.79. The Morgan fingerprint density at radius 1 is 1.34 bits per heavy atom. The molecule has 1 amide bonds. The predicted molar refractivity (Wildman–Crippen MR) is 127 cm³/mol. The van der Waals surface area contributed by atoms with E-state index in [1.165, 1.54) is 5.56 Å². The number of nitrogens with one attached hydrogen (secondary N) is 1. The fourth-order valence-electron chi connectivity index (χ4n) is 4.96. The number of nitriles is 1. The van der Waals surface area contributed by atoms with Crippen molar-refractivity contribution in [2.45, 2.75) is 49.7 Å². The molecular weight excluding hydrogens is 490 g/mol. The molecule has 0 radical (unpaired) electrons. The van der Waals surface area contributed by atoms with Crippen molar-refractivity contribution in [1.29, 1.82) is 5.26 Å². The molecule has 3 aliphatic rings. The monoisotopic (exact) mass is 512 g/mol. The van der Waals surface area contributed by atoms with Crippen LogP contribution in [0.4, 0.5) is 5.82 Å². The van der Waals surface area contributed by atoms with Gasteiger partial charge >= 0.3 is 5.91 Å². The summed E-state index contributed by atoms with van der Waals surface area (Å²) in [6, 6.07) is 12.3. The molecule has 2 unspecified atom stereocenters. The zero-order chi connectivity index (χ0) is 22.3. The minimum absolute atomic E-state index is 0.0591. The number of hydrogen-bond acceptors (Lipinski definition) is 5. The first-order chi connectivity index (χ1) is 15.5. The lowest BCUT2D eigenvalue weighted by Crippen LogP contribution is -2.50. The Morgan fingerprint density at radius 2 is 2.19 bits per heavy atom. The lowest BCUT2D eigenvalue weighted by atomic mass is 10.0. The first-order valence-corrected chi connectivity index (χ1v) is 12.2. The van der Waals surface area contributed by atoms with Gasteiger partial charge in [-0.15, -0.1) is 0 Å². The summed E-state index contributed by atoms with van der Waals surface area (Å²) in [5.41, 5.74) is 1.68. The van der Waals surface area contributed by atoms with Crippen molar-refractivity contribution in [3.63, 3.8) is 0 Å². The average Bonchev–Trinajstić information content (AvgIpc) is 3.52. The van der Waals surface area contributed by atoms with Gasteiger partial charge in [-0.25, -0.2) is 9.78 Å². The third-order valence-corrected chi connectivity index (χ3v) is 7.41. The van der Waals surface area contributed by atoms with Crippen LogP contribution in [0.3, 0.4) is 0 Å². The molecule has 2 aromatic rings. The number of aromatic nitrogens is 1. The first kappa shape index (κ1) is 21.6. The van der Waals surface area contributed by atoms with Crippen molar-refractivity contribution in [3.8, 4) is 6.07 Å². The summed E-state index contributed by atoms with van der Waals surface area (Å²) in [7, 11) is 0. The van der Waals surface area contributed by atoms with Gasteiger partial charge in [0.05, 0.1) is 18.0 Å². The van der Waals surface area contributed by atoms with Gasteiger partial charge < -0.3 is 10.2 Å². The zero-order valence-electron chi connectivity index (χ0n) is 17.6. The van der Waals surface area contributed by atoms with E-state index in [0.717, 1.165) is 41.0 Å². The van der Waals surface area contributed by atoms with Crippen molar-refractivity contribution >= 4 is 45.5 Å². The van der Waals surface area contributed by atoms with Crippen molar-refractivity contribution in [3.05, 3.63) is 57.2 Å². The molecule has 6 nitrogen and oxygen atoms in total. The summed E-state index contributed by atoms with van der Waals surface area (Å²) in [5, 5.41) is 13.3. The maximum atomic E-state index is 13.0. The number of hydrogen-bond donors (Lipinski definition) is 1. The number of amides is 1. The molecule has 8 heteroatoms. The molecule has 0 spiro atoms. The van der Waals surface area contributed by atoms with E-state index in [9.17, 15) is 4.79 Å². The predicted octanol–water partition coefficient (Wildman–Crippen LogP) is 4.00. The SMILES string of the molecule is N#Cc1ccc(N2C3C=[N+](C(=O)CCNC4(c5cc(Cl)cc(Br)c5)CC4)CC2CC3)nc1. The highest BCUT2D eigenvalue weighted by atomic mass is 79.9. The Morgan fingerprint density at radius 3 is 2.84 bits per heavy atom. The quantitative estimate of drug-likeness (QED) is 0.591. The molecule has 3 heterocycles. The lowest BCUT2D eigenvalue weighted by molar-refractivity contribution is -0.451. The number of fused-ring (bicyclic) bond motifs is 2. The molecular formula is C24H24BrClN5O+. The summed E-state index contributed by atoms with van der Waals surface area (Å²) in [6.45, 7) is 1.33. The number of pyridine rings is 1. The van der Waals surface area contributed by atoms with Crippen molar-refractivity contribution < 1.29 is 9.37 Å². The highest BCUT2D eigenvalue weighted by Crippen LogP contribution is 2.46. The maximum Gasteiger partial charge on any atom is 0.388 e. The number of nitrogens with zero attached hydrogens (tertiary/aromatic N) is 4. The second-order valence-corrected chi connectivity index (χ2v) is 10.2. The fraction of sp³-hybridized carbons (Fsp3) is 0.417. The summed E-state index contributed by atoms with van der Waals surface area (Å²) < 4.78 is 2.88. The normalized spacial score (nSPS) is 22.9. The molecule has 1 saturated heterocycles. The van der Waals surface area contributed by atoms with Gasteiger partial charge in [-0.05, 0) is 61.6 Å². The molecule has 5 rings (SSSR count). The van der Waals surface area contributed by atoms with Crippen LogP contribution in [0.1, 0.15) is 43.2 Å². The van der Waals surface area contributed by atoms with Crippen LogP contribution in [0.2, 0.25) is 5.02 Å². The van der Waals surface area contributed by atoms with Crippen LogP contribution >= 0.6 is 27.5 Å². The maximum absolute atomic E-state index is 13.0. The molecule has 1 saturated carbocycles. The van der Waals surface area contributed by atoms with Crippen LogP contribution in [-0.2, 0) is 10.3 Å². The van der Waals surface area contributed by atoms with E-state index < -0.39 is 0 Å². The number of carbonyl (C=O) groups is 1. The lowest BCUT2D eigenvalue weighted by Gasteiger charge is -2.30. The van der Waals surface area contributed by atoms with Gasteiger partial charge in [-0.3, -0.25) is 0 Å². The minimum Gasteiger partial charge on any atom is -0.335 e. The third kappa shape index (κ3) is 4.19. The van der Waals surface area contributed by atoms with Crippen LogP contribution < -0.4 is 10.2 Å². The average molecular weight is 514 g/mol. The Labute approximate surface area is 201 Å². The van der Waals surface area contributed by atoms with Gasteiger partial charge in [0.2, 0.25) is 0 Å². The largest absolute Gasteiger partial charge is 0.388 e. The molecule has 1 aliphatic carbocycles. The number of anilines is 1. The van der Waals surface area contributed by atoms with E-state index in [1.807, 2.05) is 22.8 Å². The van der Waals surface area contributed by atoms with Crippen LogP contribution in [0.15, 0.2) is 41.0 Å². The van der Waals surface area contributed by atoms with E-state index in [-0.39, 0.29) is 23.5 Å². The zero-order valence-corrected chi connectivity index (χ0v) is 19.9. The topological polar surface area (TPSA) is 72.0 Å². The first-order valence-electron chi connectivity index (χ1n) is 11.0. The number of carbonyl (C=O) groups excluding carboxylic acids is 1. The summed E-state index contributed by atoms with van der Waals surface area (Å²) in [4.78, 5) is 19.7. The highest BCUT2D eigenvalue weighted by molar-refractivity contribution is 9.10. The minimum atomic E-state index is -0.0591. The number of rotatable bonds is 6. The summed E-state index contributed by atoms with van der Waals surface area (Å²) in [6.07, 6.45) is 8.31. The van der Waals surface area contributed by atoms with E-state index in [0.29, 0.717) is 25.1 Å². The Balaban J connectivity index is 1.21. The van der Waals surface area contributed by atoms with Crippen molar-refractivity contribution in [2.75, 3.05) is 18.0 Å². The molecule has 1 aromatic carbocycles. The van der Waals surface area contributed by atoms with Crippen molar-refractivity contribution in [1.82, 2.24) is 10.3 Å². The molecule has 2 bridgehead atoms. The van der Waals surface area contributed by atoms with Gasteiger partial charge in [0.25, 0.3) is 0 Å². The van der Waals surface area contributed by atoms with Crippen LogP contribution in [0.25, 0.3) is 0 Å². The van der Waals surface area contributed by atoms with E-state index in [1.54, 1.807) is 12.3 Å². The number of benzene rings is 1. The molecule has 2 atom stereocenters. The number of halogens is 2. The molecule has 1 aromatic heterocycles. The second kappa shape index (κ2) is 8.58. The smallest absolute Gasteiger partial charge is 0.335 e. The molecule has 1 N–H and O–H groups in total. The molecule has 2 fully saturated rings. The molecule has 164 valence electrons. The highest BCUT2D eigenvalue weighted by Gasteiger charge is 2.45. The molecule has 2 aliphatic heterocycles. The Hall–Kier alpha value is -2.27. The van der Waals surface area contributed by atoms with Crippen molar-refractivity contribution in [2.24, 2.45) is 0 Å². The second-order valence-electron chi connectivity index (χ2n) is 8.83. The van der Waals surface area contributed by atoms with Gasteiger partial charge in [0.15, 0.2) is 12.8 Å². The standard InChI is InChI=1S/C24H24BrClN5O/c25-18-9-17(10-19(26)11-18)24(6-7-24)29-8-5-23(32)30-14-20-2-3-21(15-30)31(20)22-4-1-16(12-27)13-28-22/h1,4,9-11,13-14,20-21,29H,2-3,5-8,15H2/q+1. The van der Waals surface area contributed by atoms with E-state index in [4.69, 9.17) is 16.9 Å². The van der Waals surface area contributed by atoms with Gasteiger partial charge in [-0.1, -0.05) is 27.5 Å². The third-order valence-electron chi connectivity index (χ3n) is 6.74. The Bertz CT molecular complexity index is 1100. The van der Waals surface area contributed by atoms with Gasteiger partial charge in [-0.2, -0.15) is 9.84 Å².